The monoisotopic (exact) mass is 464 g/mol. The van der Waals surface area contributed by atoms with Crippen molar-refractivity contribution in [1.29, 1.82) is 0 Å². The minimum Gasteiger partial charge on any atom is -0.497 e. The number of nitrogens with one attached hydrogen (secondary N) is 1. The topological polar surface area (TPSA) is 77.1 Å². The van der Waals surface area contributed by atoms with Crippen LogP contribution in [0, 0.1) is 0 Å². The van der Waals surface area contributed by atoms with Crippen molar-refractivity contribution in [2.24, 2.45) is 0 Å². The maximum Gasteiger partial charge on any atom is 0.308 e. The van der Waals surface area contributed by atoms with Crippen molar-refractivity contribution in [1.82, 2.24) is 0 Å². The predicted octanol–water partition coefficient (Wildman–Crippen LogP) is 4.88. The van der Waals surface area contributed by atoms with Crippen molar-refractivity contribution < 1.29 is 23.8 Å². The standard InChI is InChI=1S/C25H24N2O5S/c1-30-17-11-12-18(21(15-17)31-2)26-24(28)16-32-25(29)13-14-27-19-7-3-5-9-22(19)33-23-10-6-4-8-20(23)27/h3-12,15H,13-14,16H2,1-2H3,(H,26,28). The van der Waals surface area contributed by atoms with Crippen molar-refractivity contribution in [2.75, 3.05) is 37.6 Å². The van der Waals surface area contributed by atoms with E-state index in [4.69, 9.17) is 14.2 Å². The van der Waals surface area contributed by atoms with Crippen molar-refractivity contribution in [3.8, 4) is 11.5 Å². The lowest BCUT2D eigenvalue weighted by atomic mass is 10.2. The van der Waals surface area contributed by atoms with Crippen molar-refractivity contribution in [3.05, 3.63) is 66.7 Å². The van der Waals surface area contributed by atoms with Gasteiger partial charge in [0.1, 0.15) is 11.5 Å². The Morgan fingerprint density at radius 3 is 2.21 bits per heavy atom. The molecule has 1 aliphatic heterocycles. The molecular formula is C25H24N2O5S. The molecule has 0 saturated carbocycles. The number of amides is 1. The van der Waals surface area contributed by atoms with Gasteiger partial charge in [-0.1, -0.05) is 36.0 Å². The van der Waals surface area contributed by atoms with Gasteiger partial charge >= 0.3 is 5.97 Å². The Labute approximate surface area is 196 Å². The smallest absolute Gasteiger partial charge is 0.308 e. The van der Waals surface area contributed by atoms with Crippen LogP contribution in [0.15, 0.2) is 76.5 Å². The first-order chi connectivity index (χ1) is 16.1. The summed E-state index contributed by atoms with van der Waals surface area (Å²) in [5.41, 5.74) is 2.58. The van der Waals surface area contributed by atoms with Gasteiger partial charge in [0.15, 0.2) is 6.61 Å². The van der Waals surface area contributed by atoms with E-state index < -0.39 is 11.9 Å². The van der Waals surface area contributed by atoms with Gasteiger partial charge in [0.25, 0.3) is 5.91 Å². The number of hydrogen-bond donors (Lipinski definition) is 1. The van der Waals surface area contributed by atoms with Crippen LogP contribution in [0.3, 0.4) is 0 Å². The molecule has 1 heterocycles. The minimum absolute atomic E-state index is 0.145. The molecule has 7 nitrogen and oxygen atoms in total. The van der Waals surface area contributed by atoms with Gasteiger partial charge in [-0.25, -0.2) is 0 Å². The first-order valence-electron chi connectivity index (χ1n) is 10.4. The van der Waals surface area contributed by atoms with Gasteiger partial charge < -0.3 is 24.4 Å². The maximum atomic E-state index is 12.4. The van der Waals surface area contributed by atoms with Crippen LogP contribution < -0.4 is 19.7 Å². The first-order valence-corrected chi connectivity index (χ1v) is 11.2. The van der Waals surface area contributed by atoms with Crippen LogP contribution in [0.1, 0.15) is 6.42 Å². The van der Waals surface area contributed by atoms with Crippen molar-refractivity contribution in [3.63, 3.8) is 0 Å². The molecule has 0 bridgehead atoms. The van der Waals surface area contributed by atoms with E-state index in [9.17, 15) is 9.59 Å². The molecule has 0 radical (unpaired) electrons. The first kappa shape index (κ1) is 22.5. The van der Waals surface area contributed by atoms with Crippen LogP contribution in [0.2, 0.25) is 0 Å². The fourth-order valence-corrected chi connectivity index (χ4v) is 4.63. The molecule has 1 amide bonds. The van der Waals surface area contributed by atoms with E-state index >= 15 is 0 Å². The molecule has 0 spiro atoms. The van der Waals surface area contributed by atoms with E-state index in [0.717, 1.165) is 21.2 Å². The Balaban J connectivity index is 1.34. The van der Waals surface area contributed by atoms with Crippen molar-refractivity contribution >= 4 is 40.7 Å². The zero-order chi connectivity index (χ0) is 23.2. The molecule has 0 unspecified atom stereocenters. The SMILES string of the molecule is COc1ccc(NC(=O)COC(=O)CCN2c3ccccc3Sc3ccccc32)c(OC)c1. The molecule has 8 heteroatoms. The van der Waals surface area contributed by atoms with Gasteiger partial charge in [-0.3, -0.25) is 9.59 Å². The predicted molar refractivity (Wildman–Crippen MR) is 128 cm³/mol. The Bertz CT molecular complexity index is 1120. The highest BCUT2D eigenvalue weighted by Gasteiger charge is 2.23. The highest BCUT2D eigenvalue weighted by atomic mass is 32.2. The molecule has 0 atom stereocenters. The molecule has 1 N–H and O–H groups in total. The third kappa shape index (κ3) is 5.23. The number of para-hydroxylation sites is 2. The number of anilines is 3. The van der Waals surface area contributed by atoms with E-state index in [1.807, 2.05) is 36.4 Å². The van der Waals surface area contributed by atoms with Gasteiger partial charge in [-0.15, -0.1) is 0 Å². The second-order valence-corrected chi connectivity index (χ2v) is 8.30. The molecule has 0 saturated heterocycles. The summed E-state index contributed by atoms with van der Waals surface area (Å²) in [5, 5.41) is 2.69. The zero-order valence-corrected chi connectivity index (χ0v) is 19.2. The fraction of sp³-hybridized carbons (Fsp3) is 0.200. The summed E-state index contributed by atoms with van der Waals surface area (Å²) in [6, 6.07) is 21.2. The van der Waals surface area contributed by atoms with Crippen LogP contribution in [0.5, 0.6) is 11.5 Å². The number of methoxy groups -OCH3 is 2. The number of carbonyl (C=O) groups excluding carboxylic acids is 2. The lowest BCUT2D eigenvalue weighted by Gasteiger charge is -2.32. The number of esters is 1. The summed E-state index contributed by atoms with van der Waals surface area (Å²) in [5.74, 6) is 0.168. The van der Waals surface area contributed by atoms with Crippen LogP contribution in [0.25, 0.3) is 0 Å². The highest BCUT2D eigenvalue weighted by molar-refractivity contribution is 7.99. The highest BCUT2D eigenvalue weighted by Crippen LogP contribution is 2.47. The summed E-state index contributed by atoms with van der Waals surface area (Å²) < 4.78 is 15.6. The summed E-state index contributed by atoms with van der Waals surface area (Å²) >= 11 is 1.71. The zero-order valence-electron chi connectivity index (χ0n) is 18.4. The van der Waals surface area contributed by atoms with Crippen molar-refractivity contribution in [2.45, 2.75) is 16.2 Å². The van der Waals surface area contributed by atoms with Gasteiger partial charge in [-0.2, -0.15) is 0 Å². The van der Waals surface area contributed by atoms with Crippen LogP contribution in [-0.4, -0.2) is 39.2 Å². The number of nitrogens with zero attached hydrogens (tertiary/aromatic N) is 1. The number of carbonyl (C=O) groups is 2. The average molecular weight is 465 g/mol. The van der Waals surface area contributed by atoms with E-state index in [1.165, 1.54) is 7.11 Å². The normalized spacial score (nSPS) is 11.8. The van der Waals surface area contributed by atoms with Crippen LogP contribution in [0.4, 0.5) is 17.1 Å². The van der Waals surface area contributed by atoms with Gasteiger partial charge in [0.05, 0.1) is 37.7 Å². The summed E-state index contributed by atoms with van der Waals surface area (Å²) in [6.45, 7) is 0.0678. The molecule has 4 rings (SSSR count). The number of benzene rings is 3. The molecule has 3 aromatic carbocycles. The van der Waals surface area contributed by atoms with E-state index in [2.05, 4.69) is 22.3 Å². The average Bonchev–Trinajstić information content (AvgIpc) is 2.85. The molecule has 1 aliphatic rings. The molecule has 0 aliphatic carbocycles. The van der Waals surface area contributed by atoms with E-state index in [1.54, 1.807) is 37.1 Å². The second kappa shape index (κ2) is 10.3. The Hall–Kier alpha value is -3.65. The minimum atomic E-state index is -0.447. The third-order valence-electron chi connectivity index (χ3n) is 5.12. The Morgan fingerprint density at radius 2 is 1.58 bits per heavy atom. The Morgan fingerprint density at radius 1 is 0.909 bits per heavy atom. The third-order valence-corrected chi connectivity index (χ3v) is 6.25. The molecule has 33 heavy (non-hydrogen) atoms. The molecule has 3 aromatic rings. The quantitative estimate of drug-likeness (QED) is 0.476. The van der Waals surface area contributed by atoms with Crippen LogP contribution in [-0.2, 0) is 14.3 Å². The van der Waals surface area contributed by atoms with Gasteiger partial charge in [-0.05, 0) is 36.4 Å². The molecule has 170 valence electrons. The molecular weight excluding hydrogens is 440 g/mol. The summed E-state index contributed by atoms with van der Waals surface area (Å²) in [4.78, 5) is 29.1. The largest absolute Gasteiger partial charge is 0.497 e. The maximum absolute atomic E-state index is 12.4. The Kier molecular flexibility index (Phi) is 7.04. The number of ether oxygens (including phenoxy) is 3. The lowest BCUT2D eigenvalue weighted by molar-refractivity contribution is -0.147. The summed E-state index contributed by atoms with van der Waals surface area (Å²) in [7, 11) is 3.05. The van der Waals surface area contributed by atoms with Gasteiger partial charge in [0, 0.05) is 22.4 Å². The van der Waals surface area contributed by atoms with Gasteiger partial charge in [0.2, 0.25) is 0 Å². The molecule has 0 fully saturated rings. The van der Waals surface area contributed by atoms with E-state index in [-0.39, 0.29) is 13.0 Å². The number of hydrogen-bond acceptors (Lipinski definition) is 7. The molecule has 0 aromatic heterocycles. The number of rotatable bonds is 8. The fourth-order valence-electron chi connectivity index (χ4n) is 3.53. The lowest BCUT2D eigenvalue weighted by Crippen LogP contribution is -2.26. The van der Waals surface area contributed by atoms with E-state index in [0.29, 0.717) is 23.7 Å². The second-order valence-electron chi connectivity index (χ2n) is 7.21. The van der Waals surface area contributed by atoms with Crippen LogP contribution >= 0.6 is 11.8 Å². The number of fused-ring (bicyclic) bond motifs is 2. The summed E-state index contributed by atoms with van der Waals surface area (Å²) in [6.07, 6.45) is 0.145.